The van der Waals surface area contributed by atoms with Crippen LogP contribution in [0.1, 0.15) is 0 Å². The summed E-state index contributed by atoms with van der Waals surface area (Å²) in [4.78, 5) is 0. The molecule has 0 saturated carbocycles. The Kier molecular flexibility index (Phi) is 5.19. The van der Waals surface area contributed by atoms with E-state index >= 15 is 0 Å². The van der Waals surface area contributed by atoms with Gasteiger partial charge in [0.2, 0.25) is 0 Å². The molecule has 41 valence electrons. The summed E-state index contributed by atoms with van der Waals surface area (Å²) in [5, 5.41) is 0. The van der Waals surface area contributed by atoms with Crippen molar-refractivity contribution in [2.24, 2.45) is 0 Å². The molecule has 1 radical (unpaired) electrons. The van der Waals surface area contributed by atoms with Gasteiger partial charge in [0.05, 0.1) is 0 Å². The molecule has 0 unspecified atom stereocenters. The zero-order valence-corrected chi connectivity index (χ0v) is 5.61. The minimum atomic E-state index is 0. The van der Waals surface area contributed by atoms with Crippen molar-refractivity contribution in [2.75, 3.05) is 12.3 Å². The molecule has 0 amide bonds. The van der Waals surface area contributed by atoms with E-state index in [9.17, 15) is 0 Å². The molecular weight excluding hydrogens is 166 g/mol. The van der Waals surface area contributed by atoms with Crippen molar-refractivity contribution in [3.05, 3.63) is 0 Å². The number of hydrogen-bond donors (Lipinski definition) is 1. The first kappa shape index (κ1) is 7.18. The van der Waals surface area contributed by atoms with E-state index < -0.39 is 0 Å². The van der Waals surface area contributed by atoms with Gasteiger partial charge in [-0.2, -0.15) is 0 Å². The van der Waals surface area contributed by atoms with Crippen LogP contribution >= 0.6 is 21.8 Å². The van der Waals surface area contributed by atoms with Crippen LogP contribution in [0.25, 0.3) is 0 Å². The van der Waals surface area contributed by atoms with Crippen LogP contribution in [0.3, 0.4) is 0 Å². The Morgan fingerprint density at radius 3 is 2.50 bits per heavy atom. The first-order valence-electron chi connectivity index (χ1n) is 1.51. The maximum atomic E-state index is 3.10. The fraction of sp³-hybridized carbons (Fsp3) is 1.00. The standard InChI is InChI=1S/C2H5NS2.Cu/c1-2-4-5-3-1;/h3H,1-2H2;. The molecule has 0 aromatic rings. The van der Waals surface area contributed by atoms with Crippen LogP contribution in [-0.4, -0.2) is 12.3 Å². The van der Waals surface area contributed by atoms with Gasteiger partial charge in [-0.1, -0.05) is 10.8 Å². The van der Waals surface area contributed by atoms with Gasteiger partial charge in [0, 0.05) is 29.4 Å². The third-order valence-electron chi connectivity index (χ3n) is 0.405. The molecule has 1 saturated heterocycles. The summed E-state index contributed by atoms with van der Waals surface area (Å²) in [6.45, 7) is 1.18. The average molecular weight is 171 g/mol. The molecule has 1 aliphatic heterocycles. The van der Waals surface area contributed by atoms with Crippen molar-refractivity contribution in [1.82, 2.24) is 4.72 Å². The average Bonchev–Trinajstić information content (AvgIpc) is 1.76. The van der Waals surface area contributed by atoms with Gasteiger partial charge in [0.15, 0.2) is 0 Å². The van der Waals surface area contributed by atoms with E-state index in [0.29, 0.717) is 0 Å². The van der Waals surface area contributed by atoms with Crippen LogP contribution in [0.4, 0.5) is 0 Å². The molecule has 1 aliphatic rings. The maximum absolute atomic E-state index is 3.10. The Morgan fingerprint density at radius 2 is 2.33 bits per heavy atom. The molecular formula is C2H5CuNS2. The largest absolute Gasteiger partial charge is 0.254 e. The summed E-state index contributed by atoms with van der Waals surface area (Å²) in [5.74, 6) is 1.27. The quantitative estimate of drug-likeness (QED) is 0.330. The minimum absolute atomic E-state index is 0. The number of nitrogens with one attached hydrogen (secondary N) is 1. The van der Waals surface area contributed by atoms with Gasteiger partial charge in [-0.25, -0.2) is 0 Å². The second-order valence-electron chi connectivity index (χ2n) is 0.800. The Morgan fingerprint density at radius 1 is 1.50 bits per heavy atom. The van der Waals surface area contributed by atoms with Crippen LogP contribution in [0.2, 0.25) is 0 Å². The first-order valence-corrected chi connectivity index (χ1v) is 3.83. The predicted molar refractivity (Wildman–Crippen MR) is 28.1 cm³/mol. The molecule has 1 fully saturated rings. The van der Waals surface area contributed by atoms with E-state index in [2.05, 4.69) is 4.72 Å². The summed E-state index contributed by atoms with van der Waals surface area (Å²) in [7, 11) is 3.62. The van der Waals surface area contributed by atoms with Crippen molar-refractivity contribution >= 4 is 21.8 Å². The molecule has 0 spiro atoms. The SMILES string of the molecule is C1CSSN1.[Cu]. The molecule has 6 heavy (non-hydrogen) atoms. The Hall–Kier alpha value is 1.18. The predicted octanol–water partition coefficient (Wildman–Crippen LogP) is 0.883. The summed E-state index contributed by atoms with van der Waals surface area (Å²) >= 11 is 0. The molecule has 0 aromatic carbocycles. The molecule has 1 nitrogen and oxygen atoms in total. The minimum Gasteiger partial charge on any atom is -0.254 e. The normalized spacial score (nSPS) is 20.0. The van der Waals surface area contributed by atoms with Crippen LogP contribution < -0.4 is 4.72 Å². The topological polar surface area (TPSA) is 12.0 Å². The monoisotopic (exact) mass is 170 g/mol. The molecule has 0 aliphatic carbocycles. The van der Waals surface area contributed by atoms with Crippen molar-refractivity contribution in [2.45, 2.75) is 0 Å². The third kappa shape index (κ3) is 2.37. The van der Waals surface area contributed by atoms with E-state index in [1.54, 1.807) is 11.0 Å². The molecule has 1 rings (SSSR count). The smallest absolute Gasteiger partial charge is 0.0184 e. The second-order valence-corrected chi connectivity index (χ2v) is 3.11. The fourth-order valence-electron chi connectivity index (χ4n) is 0.208. The van der Waals surface area contributed by atoms with E-state index in [1.165, 1.54) is 12.3 Å². The maximum Gasteiger partial charge on any atom is 0.0184 e. The Balaban J connectivity index is 0.000000250. The van der Waals surface area contributed by atoms with Crippen molar-refractivity contribution in [3.63, 3.8) is 0 Å². The van der Waals surface area contributed by atoms with E-state index in [-0.39, 0.29) is 17.1 Å². The molecule has 1 N–H and O–H groups in total. The fourth-order valence-corrected chi connectivity index (χ4v) is 1.87. The summed E-state index contributed by atoms with van der Waals surface area (Å²) in [6, 6.07) is 0. The zero-order valence-electron chi connectivity index (χ0n) is 3.03. The van der Waals surface area contributed by atoms with Gasteiger partial charge >= 0.3 is 0 Å². The Bertz CT molecular complexity index is 23.1. The summed E-state index contributed by atoms with van der Waals surface area (Å²) < 4.78 is 3.10. The molecule has 0 aromatic heterocycles. The summed E-state index contributed by atoms with van der Waals surface area (Å²) in [6.07, 6.45) is 0. The van der Waals surface area contributed by atoms with Gasteiger partial charge in [0.25, 0.3) is 0 Å². The number of rotatable bonds is 0. The first-order chi connectivity index (χ1) is 2.50. The van der Waals surface area contributed by atoms with Crippen molar-refractivity contribution in [3.8, 4) is 0 Å². The zero-order chi connectivity index (χ0) is 3.54. The third-order valence-corrected chi connectivity index (χ3v) is 2.42. The van der Waals surface area contributed by atoms with Gasteiger partial charge in [-0.05, 0) is 11.0 Å². The van der Waals surface area contributed by atoms with Crippen LogP contribution in [0.15, 0.2) is 0 Å². The second kappa shape index (κ2) is 4.34. The molecule has 0 atom stereocenters. The van der Waals surface area contributed by atoms with Gasteiger partial charge in [0.1, 0.15) is 0 Å². The molecule has 0 bridgehead atoms. The van der Waals surface area contributed by atoms with E-state index in [4.69, 9.17) is 0 Å². The van der Waals surface area contributed by atoms with Crippen LogP contribution in [0.5, 0.6) is 0 Å². The van der Waals surface area contributed by atoms with Crippen LogP contribution in [-0.2, 0) is 17.1 Å². The van der Waals surface area contributed by atoms with E-state index in [0.717, 1.165) is 0 Å². The van der Waals surface area contributed by atoms with Gasteiger partial charge < -0.3 is 0 Å². The molecule has 4 heteroatoms. The van der Waals surface area contributed by atoms with E-state index in [1.807, 2.05) is 10.8 Å². The van der Waals surface area contributed by atoms with Gasteiger partial charge in [-0.15, -0.1) is 0 Å². The Labute approximate surface area is 56.0 Å². The van der Waals surface area contributed by atoms with Crippen molar-refractivity contribution < 1.29 is 17.1 Å². The summed E-state index contributed by atoms with van der Waals surface area (Å²) in [5.41, 5.74) is 0. The van der Waals surface area contributed by atoms with Gasteiger partial charge in [-0.3, -0.25) is 4.72 Å². The van der Waals surface area contributed by atoms with Crippen molar-refractivity contribution in [1.29, 1.82) is 0 Å². The number of hydrogen-bond acceptors (Lipinski definition) is 3. The molecule has 1 heterocycles. The van der Waals surface area contributed by atoms with Crippen LogP contribution in [0, 0.1) is 0 Å².